The number of carbonyl (C=O) groups excluding carboxylic acids is 1. The van der Waals surface area contributed by atoms with Gasteiger partial charge in [-0.3, -0.25) is 4.79 Å². The summed E-state index contributed by atoms with van der Waals surface area (Å²) in [5.74, 6) is 1.13. The van der Waals surface area contributed by atoms with E-state index in [9.17, 15) is 4.79 Å². The predicted octanol–water partition coefficient (Wildman–Crippen LogP) is -0.762. The van der Waals surface area contributed by atoms with E-state index in [1.165, 1.54) is 7.11 Å². The lowest BCUT2D eigenvalue weighted by molar-refractivity contribution is -0.125. The molecule has 0 aliphatic carbocycles. The number of aryl methyl sites for hydroxylation is 1. The molecule has 6 nitrogen and oxygen atoms in total. The van der Waals surface area contributed by atoms with Crippen LogP contribution >= 0.6 is 0 Å². The first-order valence-electron chi connectivity index (χ1n) is 5.68. The number of ether oxygens (including phenoxy) is 1. The van der Waals surface area contributed by atoms with Crippen molar-refractivity contribution < 1.29 is 9.53 Å². The van der Waals surface area contributed by atoms with Gasteiger partial charge in [-0.15, -0.1) is 0 Å². The summed E-state index contributed by atoms with van der Waals surface area (Å²) in [5.41, 5.74) is 0. The first-order chi connectivity index (χ1) is 8.22. The molecule has 1 amide bonds. The molecule has 1 saturated heterocycles. The molecule has 0 spiro atoms. The van der Waals surface area contributed by atoms with E-state index in [2.05, 4.69) is 15.6 Å². The molecule has 0 radical (unpaired) electrons. The Morgan fingerprint density at radius 2 is 2.53 bits per heavy atom. The van der Waals surface area contributed by atoms with Crippen LogP contribution in [0.4, 0.5) is 0 Å². The molecule has 1 aliphatic rings. The van der Waals surface area contributed by atoms with Crippen molar-refractivity contribution >= 4 is 5.91 Å². The smallest absolute Gasteiger partial charge is 0.246 e. The van der Waals surface area contributed by atoms with Crippen LogP contribution in [0.2, 0.25) is 0 Å². The molecular formula is C11H18N4O2. The lowest BCUT2D eigenvalue weighted by Gasteiger charge is -2.19. The van der Waals surface area contributed by atoms with Crippen molar-refractivity contribution in [3.63, 3.8) is 0 Å². The molecule has 1 aromatic heterocycles. The van der Waals surface area contributed by atoms with Gasteiger partial charge in [0.2, 0.25) is 5.91 Å². The van der Waals surface area contributed by atoms with Crippen molar-refractivity contribution in [2.24, 2.45) is 7.05 Å². The van der Waals surface area contributed by atoms with Gasteiger partial charge in [0.25, 0.3) is 0 Å². The lowest BCUT2D eigenvalue weighted by atomic mass is 10.0. The Labute approximate surface area is 100 Å². The van der Waals surface area contributed by atoms with Crippen molar-refractivity contribution in [2.45, 2.75) is 12.0 Å². The fourth-order valence-electron chi connectivity index (χ4n) is 2.22. The van der Waals surface area contributed by atoms with Crippen LogP contribution in [0.25, 0.3) is 0 Å². The molecule has 0 aromatic carbocycles. The number of aromatic nitrogens is 2. The summed E-state index contributed by atoms with van der Waals surface area (Å²) in [6, 6.07) is 0.0822. The third kappa shape index (κ3) is 2.65. The SMILES string of the molecule is COCC(=O)N[C@@H]1CNC[C@H]1c1nccn1C. The van der Waals surface area contributed by atoms with E-state index in [0.717, 1.165) is 18.9 Å². The van der Waals surface area contributed by atoms with Crippen LogP contribution in [0.1, 0.15) is 11.7 Å². The van der Waals surface area contributed by atoms with Gasteiger partial charge in [-0.05, 0) is 0 Å². The number of methoxy groups -OCH3 is 1. The van der Waals surface area contributed by atoms with Gasteiger partial charge in [0.15, 0.2) is 0 Å². The molecule has 1 aliphatic heterocycles. The number of amides is 1. The first kappa shape index (κ1) is 12.1. The summed E-state index contributed by atoms with van der Waals surface area (Å²) < 4.78 is 6.80. The second-order valence-corrected chi connectivity index (χ2v) is 4.27. The zero-order valence-corrected chi connectivity index (χ0v) is 10.1. The van der Waals surface area contributed by atoms with Gasteiger partial charge in [0.1, 0.15) is 12.4 Å². The molecule has 6 heteroatoms. The topological polar surface area (TPSA) is 68.2 Å². The third-order valence-corrected chi connectivity index (χ3v) is 3.03. The Morgan fingerprint density at radius 1 is 1.71 bits per heavy atom. The van der Waals surface area contributed by atoms with E-state index in [0.29, 0.717) is 0 Å². The molecule has 0 unspecified atom stereocenters. The van der Waals surface area contributed by atoms with Crippen LogP contribution in [-0.4, -0.2) is 48.3 Å². The maximum Gasteiger partial charge on any atom is 0.246 e. The van der Waals surface area contributed by atoms with Gasteiger partial charge >= 0.3 is 0 Å². The average Bonchev–Trinajstić information content (AvgIpc) is 2.87. The van der Waals surface area contributed by atoms with E-state index >= 15 is 0 Å². The molecule has 1 aromatic rings. The molecule has 17 heavy (non-hydrogen) atoms. The summed E-state index contributed by atoms with van der Waals surface area (Å²) in [7, 11) is 3.48. The highest BCUT2D eigenvalue weighted by molar-refractivity contribution is 5.77. The van der Waals surface area contributed by atoms with Gasteiger partial charge < -0.3 is 19.9 Å². The van der Waals surface area contributed by atoms with Gasteiger partial charge in [-0.25, -0.2) is 4.98 Å². The highest BCUT2D eigenvalue weighted by atomic mass is 16.5. The summed E-state index contributed by atoms with van der Waals surface area (Å²) in [6.45, 7) is 1.71. The molecule has 2 N–H and O–H groups in total. The second kappa shape index (κ2) is 5.29. The van der Waals surface area contributed by atoms with E-state index in [1.54, 1.807) is 6.20 Å². The fraction of sp³-hybridized carbons (Fsp3) is 0.636. The minimum Gasteiger partial charge on any atom is -0.375 e. The Balaban J connectivity index is 2.03. The second-order valence-electron chi connectivity index (χ2n) is 4.27. The summed E-state index contributed by atoms with van der Waals surface area (Å²) in [4.78, 5) is 15.8. The summed E-state index contributed by atoms with van der Waals surface area (Å²) in [5, 5.41) is 6.24. The highest BCUT2D eigenvalue weighted by Gasteiger charge is 2.31. The van der Waals surface area contributed by atoms with Crippen LogP contribution in [0, 0.1) is 0 Å². The van der Waals surface area contributed by atoms with Crippen LogP contribution in [-0.2, 0) is 16.6 Å². The minimum atomic E-state index is -0.0830. The van der Waals surface area contributed by atoms with Crippen molar-refractivity contribution in [1.82, 2.24) is 20.2 Å². The normalized spacial score (nSPS) is 23.9. The van der Waals surface area contributed by atoms with Gasteiger partial charge in [0.05, 0.1) is 12.0 Å². The van der Waals surface area contributed by atoms with Crippen molar-refractivity contribution in [3.8, 4) is 0 Å². The maximum absolute atomic E-state index is 11.5. The van der Waals surface area contributed by atoms with E-state index in [4.69, 9.17) is 4.74 Å². The van der Waals surface area contributed by atoms with Crippen LogP contribution in [0.3, 0.4) is 0 Å². The Hall–Kier alpha value is -1.40. The van der Waals surface area contributed by atoms with Crippen LogP contribution in [0.15, 0.2) is 12.4 Å². The standard InChI is InChI=1S/C11H18N4O2/c1-15-4-3-13-11(15)8-5-12-6-9(8)14-10(16)7-17-2/h3-4,8-9,12H,5-7H2,1-2H3,(H,14,16)/t8-,9-/m1/s1. The maximum atomic E-state index is 11.5. The number of hydrogen-bond acceptors (Lipinski definition) is 4. The van der Waals surface area contributed by atoms with Crippen LogP contribution in [0.5, 0.6) is 0 Å². The molecule has 0 bridgehead atoms. The van der Waals surface area contributed by atoms with E-state index in [-0.39, 0.29) is 24.5 Å². The zero-order valence-electron chi connectivity index (χ0n) is 10.1. The van der Waals surface area contributed by atoms with Gasteiger partial charge in [0, 0.05) is 39.6 Å². The number of nitrogens with one attached hydrogen (secondary N) is 2. The molecule has 94 valence electrons. The van der Waals surface area contributed by atoms with Crippen molar-refractivity contribution in [1.29, 1.82) is 0 Å². The monoisotopic (exact) mass is 238 g/mol. The quantitative estimate of drug-likeness (QED) is 0.723. The highest BCUT2D eigenvalue weighted by Crippen LogP contribution is 2.20. The molecule has 2 rings (SSSR count). The molecular weight excluding hydrogens is 220 g/mol. The summed E-state index contributed by atoms with van der Waals surface area (Å²) in [6.07, 6.45) is 3.70. The molecule has 2 heterocycles. The number of imidazole rings is 1. The van der Waals surface area contributed by atoms with Crippen LogP contribution < -0.4 is 10.6 Å². The number of rotatable bonds is 4. The lowest BCUT2D eigenvalue weighted by Crippen LogP contribution is -2.41. The predicted molar refractivity (Wildman–Crippen MR) is 62.6 cm³/mol. The van der Waals surface area contributed by atoms with Gasteiger partial charge in [-0.1, -0.05) is 0 Å². The Kier molecular flexibility index (Phi) is 3.75. The number of nitrogens with zero attached hydrogens (tertiary/aromatic N) is 2. The van der Waals surface area contributed by atoms with Gasteiger partial charge in [-0.2, -0.15) is 0 Å². The molecule has 1 fully saturated rings. The third-order valence-electron chi connectivity index (χ3n) is 3.03. The van der Waals surface area contributed by atoms with E-state index < -0.39 is 0 Å². The van der Waals surface area contributed by atoms with E-state index in [1.807, 2.05) is 17.8 Å². The fourth-order valence-corrected chi connectivity index (χ4v) is 2.22. The minimum absolute atomic E-state index is 0.0822. The Bertz CT molecular complexity index is 391. The summed E-state index contributed by atoms with van der Waals surface area (Å²) >= 11 is 0. The Morgan fingerprint density at radius 3 is 3.18 bits per heavy atom. The van der Waals surface area contributed by atoms with Crippen molar-refractivity contribution in [2.75, 3.05) is 26.8 Å². The first-order valence-corrected chi connectivity index (χ1v) is 5.68. The molecule has 2 atom stereocenters. The number of hydrogen-bond donors (Lipinski definition) is 2. The molecule has 0 saturated carbocycles. The zero-order chi connectivity index (χ0) is 12.3. The number of carbonyl (C=O) groups is 1. The largest absolute Gasteiger partial charge is 0.375 e. The van der Waals surface area contributed by atoms with Crippen molar-refractivity contribution in [3.05, 3.63) is 18.2 Å². The average molecular weight is 238 g/mol.